The molecule has 1 heteroatoms. The Morgan fingerprint density at radius 3 is 1.17 bits per heavy atom. The molecule has 29 heavy (non-hydrogen) atoms. The van der Waals surface area contributed by atoms with Crippen LogP contribution in [0.5, 0.6) is 0 Å². The molecule has 0 saturated heterocycles. The molecule has 0 aromatic heterocycles. The van der Waals surface area contributed by atoms with Gasteiger partial charge in [0.2, 0.25) is 0 Å². The molecule has 0 saturated carbocycles. The molecule has 0 bridgehead atoms. The number of nitrogens with two attached hydrogens (primary N) is 1. The van der Waals surface area contributed by atoms with Gasteiger partial charge in [-0.2, -0.15) is 0 Å². The Morgan fingerprint density at radius 1 is 0.448 bits per heavy atom. The summed E-state index contributed by atoms with van der Waals surface area (Å²) >= 11 is 0. The predicted molar refractivity (Wildman–Crippen MR) is 127 cm³/mol. The zero-order valence-corrected chi connectivity index (χ0v) is 17.7. The Bertz CT molecular complexity index is 904. The van der Waals surface area contributed by atoms with E-state index in [0.717, 1.165) is 12.1 Å². The van der Waals surface area contributed by atoms with E-state index in [1.165, 1.54) is 27.8 Å². The van der Waals surface area contributed by atoms with E-state index >= 15 is 0 Å². The number of anilines is 1. The zero-order chi connectivity index (χ0) is 20.9. The third-order valence-electron chi connectivity index (χ3n) is 4.39. The summed E-state index contributed by atoms with van der Waals surface area (Å²) in [5.41, 5.74) is 12.9. The second kappa shape index (κ2) is 12.2. The van der Waals surface area contributed by atoms with Crippen LogP contribution in [-0.4, -0.2) is 0 Å². The average molecular weight is 382 g/mol. The van der Waals surface area contributed by atoms with Gasteiger partial charge in [-0.1, -0.05) is 114 Å². The Labute approximate surface area is 175 Å². The molecule has 148 valence electrons. The first-order chi connectivity index (χ1) is 14.0. The number of hydrogen-bond donors (Lipinski definition) is 1. The van der Waals surface area contributed by atoms with Crippen molar-refractivity contribution in [3.05, 3.63) is 137 Å². The minimum absolute atomic E-state index is 0.822. The molecule has 4 rings (SSSR count). The summed E-state index contributed by atoms with van der Waals surface area (Å²) in [5, 5.41) is 0. The molecule has 0 spiro atoms. The summed E-state index contributed by atoms with van der Waals surface area (Å²) < 4.78 is 0. The summed E-state index contributed by atoms with van der Waals surface area (Å²) in [4.78, 5) is 0. The van der Waals surface area contributed by atoms with Gasteiger partial charge in [0, 0.05) is 5.69 Å². The fraction of sp³-hybridized carbons (Fsp3) is 0.143. The maximum Gasteiger partial charge on any atom is 0.0313 e. The Hall–Kier alpha value is -3.32. The van der Waals surface area contributed by atoms with Gasteiger partial charge in [-0.3, -0.25) is 0 Å². The fourth-order valence-electron chi connectivity index (χ4n) is 2.63. The highest BCUT2D eigenvalue weighted by Gasteiger charge is 1.94. The topological polar surface area (TPSA) is 26.0 Å². The first kappa shape index (κ1) is 22.0. The van der Waals surface area contributed by atoms with Crippen LogP contribution in [0.2, 0.25) is 0 Å². The van der Waals surface area contributed by atoms with Crippen LogP contribution in [0.15, 0.2) is 109 Å². The molecule has 0 atom stereocenters. The van der Waals surface area contributed by atoms with E-state index in [-0.39, 0.29) is 0 Å². The van der Waals surface area contributed by atoms with E-state index in [4.69, 9.17) is 5.73 Å². The van der Waals surface area contributed by atoms with Crippen LogP contribution in [0.3, 0.4) is 0 Å². The van der Waals surface area contributed by atoms with E-state index in [1.54, 1.807) is 0 Å². The molecule has 0 aliphatic rings. The molecule has 0 aliphatic carbocycles. The number of rotatable bonds is 2. The summed E-state index contributed by atoms with van der Waals surface area (Å²) in [6.07, 6.45) is 1.03. The SMILES string of the molecule is Cc1ccc(C)cc1.Cc1ccc(Cc2ccccc2)cc1.Nc1ccccc1. The normalized spacial score (nSPS) is 9.48. The second-order valence-corrected chi connectivity index (χ2v) is 7.21. The maximum atomic E-state index is 5.36. The number of para-hydroxylation sites is 1. The van der Waals surface area contributed by atoms with Crippen LogP contribution in [0.4, 0.5) is 5.69 Å². The Morgan fingerprint density at radius 2 is 0.793 bits per heavy atom. The van der Waals surface area contributed by atoms with Gasteiger partial charge in [0.05, 0.1) is 0 Å². The second-order valence-electron chi connectivity index (χ2n) is 7.21. The van der Waals surface area contributed by atoms with Gasteiger partial charge >= 0.3 is 0 Å². The monoisotopic (exact) mass is 381 g/mol. The molecule has 0 radical (unpaired) electrons. The van der Waals surface area contributed by atoms with Crippen molar-refractivity contribution in [2.45, 2.75) is 27.2 Å². The molecule has 4 aromatic carbocycles. The summed E-state index contributed by atoms with van der Waals surface area (Å²) in [6.45, 7) is 6.31. The standard InChI is InChI=1S/C14H14.C8H10.C6H7N/c1-12-7-9-14(10-8-12)11-13-5-3-2-4-6-13;1-7-3-5-8(2)6-4-7;7-6-4-2-1-3-5-6/h2-10H,11H2,1H3;3-6H,1-2H3;1-5H,7H2. The van der Waals surface area contributed by atoms with E-state index in [2.05, 4.69) is 99.6 Å². The molecule has 0 amide bonds. The largest absolute Gasteiger partial charge is 0.399 e. The molecule has 0 aliphatic heterocycles. The van der Waals surface area contributed by atoms with Gasteiger partial charge in [-0.05, 0) is 50.5 Å². The maximum absolute atomic E-state index is 5.36. The van der Waals surface area contributed by atoms with E-state index in [1.807, 2.05) is 30.3 Å². The van der Waals surface area contributed by atoms with Crippen molar-refractivity contribution in [3.8, 4) is 0 Å². The number of benzene rings is 4. The van der Waals surface area contributed by atoms with E-state index < -0.39 is 0 Å². The highest BCUT2D eigenvalue weighted by molar-refractivity contribution is 5.36. The summed E-state index contributed by atoms with van der Waals surface area (Å²) in [7, 11) is 0. The minimum Gasteiger partial charge on any atom is -0.399 e. The van der Waals surface area contributed by atoms with Crippen molar-refractivity contribution in [1.82, 2.24) is 0 Å². The lowest BCUT2D eigenvalue weighted by Gasteiger charge is -2.01. The predicted octanol–water partition coefficient (Wildman–Crippen LogP) is 7.16. The lowest BCUT2D eigenvalue weighted by molar-refractivity contribution is 1.19. The first-order valence-corrected chi connectivity index (χ1v) is 9.96. The van der Waals surface area contributed by atoms with Gasteiger partial charge in [-0.25, -0.2) is 0 Å². The molecule has 0 unspecified atom stereocenters. The highest BCUT2D eigenvalue weighted by Crippen LogP contribution is 2.09. The van der Waals surface area contributed by atoms with Gasteiger partial charge in [0.15, 0.2) is 0 Å². The Balaban J connectivity index is 0.000000170. The first-order valence-electron chi connectivity index (χ1n) is 9.96. The van der Waals surface area contributed by atoms with Gasteiger partial charge in [-0.15, -0.1) is 0 Å². The molecule has 1 nitrogen and oxygen atoms in total. The third-order valence-corrected chi connectivity index (χ3v) is 4.39. The molecule has 0 heterocycles. The van der Waals surface area contributed by atoms with Gasteiger partial charge in [0.25, 0.3) is 0 Å². The van der Waals surface area contributed by atoms with E-state index in [9.17, 15) is 0 Å². The van der Waals surface area contributed by atoms with Crippen molar-refractivity contribution in [1.29, 1.82) is 0 Å². The Kier molecular flexibility index (Phi) is 9.24. The lowest BCUT2D eigenvalue weighted by atomic mass is 10.0. The molecule has 0 fully saturated rings. The van der Waals surface area contributed by atoms with E-state index in [0.29, 0.717) is 0 Å². The van der Waals surface area contributed by atoms with Crippen LogP contribution >= 0.6 is 0 Å². The summed E-state index contributed by atoms with van der Waals surface area (Å²) in [5.74, 6) is 0. The van der Waals surface area contributed by atoms with Crippen molar-refractivity contribution in [2.24, 2.45) is 0 Å². The summed E-state index contributed by atoms with van der Waals surface area (Å²) in [6, 6.07) is 37.3. The molecular formula is C28H31N. The zero-order valence-electron chi connectivity index (χ0n) is 17.7. The third kappa shape index (κ3) is 9.44. The molecule has 2 N–H and O–H groups in total. The van der Waals surface area contributed by atoms with Crippen LogP contribution in [0, 0.1) is 20.8 Å². The number of aryl methyl sites for hydroxylation is 3. The van der Waals surface area contributed by atoms with Crippen LogP contribution in [0.1, 0.15) is 27.8 Å². The molecule has 4 aromatic rings. The lowest BCUT2D eigenvalue weighted by Crippen LogP contribution is -1.86. The van der Waals surface area contributed by atoms with Crippen LogP contribution < -0.4 is 5.73 Å². The quantitative estimate of drug-likeness (QED) is 0.366. The van der Waals surface area contributed by atoms with Gasteiger partial charge < -0.3 is 5.73 Å². The van der Waals surface area contributed by atoms with Gasteiger partial charge in [0.1, 0.15) is 0 Å². The average Bonchev–Trinajstić information content (AvgIpc) is 2.74. The van der Waals surface area contributed by atoms with Crippen molar-refractivity contribution >= 4 is 5.69 Å². The fourth-order valence-corrected chi connectivity index (χ4v) is 2.63. The smallest absolute Gasteiger partial charge is 0.0313 e. The van der Waals surface area contributed by atoms with Crippen molar-refractivity contribution in [2.75, 3.05) is 5.73 Å². The number of hydrogen-bond acceptors (Lipinski definition) is 1. The van der Waals surface area contributed by atoms with Crippen LogP contribution in [-0.2, 0) is 6.42 Å². The highest BCUT2D eigenvalue weighted by atomic mass is 14.5. The van der Waals surface area contributed by atoms with Crippen molar-refractivity contribution < 1.29 is 0 Å². The van der Waals surface area contributed by atoms with Crippen LogP contribution in [0.25, 0.3) is 0 Å². The number of nitrogen functional groups attached to an aromatic ring is 1. The minimum atomic E-state index is 0.822. The van der Waals surface area contributed by atoms with Crippen molar-refractivity contribution in [3.63, 3.8) is 0 Å². The molecular weight excluding hydrogens is 350 g/mol.